The fourth-order valence-electron chi connectivity index (χ4n) is 5.32. The minimum atomic E-state index is 0.000557. The summed E-state index contributed by atoms with van der Waals surface area (Å²) < 4.78 is 5.40. The maximum absolute atomic E-state index is 13.3. The fraction of sp³-hybridized carbons (Fsp3) is 0.214. The van der Waals surface area contributed by atoms with Crippen LogP contribution in [0.5, 0.6) is 5.75 Å². The molecule has 1 N–H and O–H groups in total. The number of methoxy groups -OCH3 is 1. The summed E-state index contributed by atoms with van der Waals surface area (Å²) >= 11 is 0. The Labute approximate surface area is 192 Å². The summed E-state index contributed by atoms with van der Waals surface area (Å²) in [7, 11) is 1.68. The third kappa shape index (κ3) is 3.15. The molecule has 0 radical (unpaired) electrons. The van der Waals surface area contributed by atoms with Crippen molar-refractivity contribution in [3.8, 4) is 16.9 Å². The molecule has 1 saturated heterocycles. The van der Waals surface area contributed by atoms with Crippen LogP contribution in [0.3, 0.4) is 0 Å². The minimum Gasteiger partial charge on any atom is -0.497 e. The number of nitrogens with one attached hydrogen (secondary N) is 1. The second-order valence-corrected chi connectivity index (χ2v) is 8.86. The second-order valence-electron chi connectivity index (χ2n) is 8.86. The summed E-state index contributed by atoms with van der Waals surface area (Å²) in [5.41, 5.74) is 6.20. The van der Waals surface area contributed by atoms with Gasteiger partial charge < -0.3 is 14.6 Å². The molecule has 2 heterocycles. The zero-order valence-corrected chi connectivity index (χ0v) is 18.4. The Morgan fingerprint density at radius 3 is 2.48 bits per heavy atom. The van der Waals surface area contributed by atoms with E-state index in [0.717, 1.165) is 35.2 Å². The normalized spacial score (nSPS) is 15.5. The van der Waals surface area contributed by atoms with Crippen LogP contribution in [0, 0.1) is 0 Å². The van der Waals surface area contributed by atoms with E-state index in [-0.39, 0.29) is 11.7 Å². The molecule has 33 heavy (non-hydrogen) atoms. The van der Waals surface area contributed by atoms with Gasteiger partial charge in [-0.1, -0.05) is 30.3 Å². The van der Waals surface area contributed by atoms with Gasteiger partial charge in [0.15, 0.2) is 5.78 Å². The van der Waals surface area contributed by atoms with E-state index in [1.165, 1.54) is 10.9 Å². The van der Waals surface area contributed by atoms with Crippen LogP contribution in [0.15, 0.2) is 66.9 Å². The number of hydrogen-bond acceptors (Lipinski definition) is 3. The molecule has 5 heteroatoms. The average molecular weight is 437 g/mol. The molecule has 1 amide bonds. The predicted molar refractivity (Wildman–Crippen MR) is 128 cm³/mol. The van der Waals surface area contributed by atoms with Crippen molar-refractivity contribution in [1.82, 2.24) is 9.88 Å². The van der Waals surface area contributed by atoms with Gasteiger partial charge in [0.05, 0.1) is 7.11 Å². The highest BCUT2D eigenvalue weighted by Crippen LogP contribution is 2.38. The van der Waals surface area contributed by atoms with Crippen molar-refractivity contribution >= 4 is 22.6 Å². The lowest BCUT2D eigenvalue weighted by Crippen LogP contribution is -2.38. The molecule has 1 fully saturated rings. The molecule has 0 atom stereocenters. The molecule has 0 saturated carbocycles. The van der Waals surface area contributed by atoms with Gasteiger partial charge in [-0.05, 0) is 65.8 Å². The number of ether oxygens (including phenoxy) is 1. The zero-order chi connectivity index (χ0) is 22.5. The maximum atomic E-state index is 13.3. The number of benzene rings is 3. The van der Waals surface area contributed by atoms with E-state index >= 15 is 0 Å². The van der Waals surface area contributed by atoms with E-state index in [1.54, 1.807) is 13.2 Å². The number of aromatic amines is 1. The van der Waals surface area contributed by atoms with E-state index in [4.69, 9.17) is 4.74 Å². The minimum absolute atomic E-state index is 0.000557. The lowest BCUT2D eigenvalue weighted by molar-refractivity contribution is 0.0713. The van der Waals surface area contributed by atoms with Crippen molar-refractivity contribution in [3.05, 3.63) is 89.1 Å². The molecule has 2 aliphatic rings. The fourth-order valence-corrected chi connectivity index (χ4v) is 5.32. The van der Waals surface area contributed by atoms with E-state index < -0.39 is 0 Å². The van der Waals surface area contributed by atoms with Gasteiger partial charge in [0.1, 0.15) is 5.75 Å². The number of likely N-dealkylation sites (tertiary alicyclic amines) is 1. The first-order valence-electron chi connectivity index (χ1n) is 11.4. The first-order chi connectivity index (χ1) is 16.1. The van der Waals surface area contributed by atoms with Crippen LogP contribution in [0.1, 0.15) is 50.6 Å². The molecule has 3 aromatic carbocycles. The molecular weight excluding hydrogens is 412 g/mol. The number of carbonyl (C=O) groups is 2. The monoisotopic (exact) mass is 436 g/mol. The van der Waals surface area contributed by atoms with Crippen molar-refractivity contribution in [2.45, 2.75) is 18.8 Å². The quantitative estimate of drug-likeness (QED) is 0.411. The van der Waals surface area contributed by atoms with Crippen LogP contribution < -0.4 is 4.74 Å². The molecule has 0 spiro atoms. The summed E-state index contributed by atoms with van der Waals surface area (Å²) in [5, 5.41) is 1.19. The molecule has 1 aliphatic heterocycles. The Morgan fingerprint density at radius 1 is 0.939 bits per heavy atom. The average Bonchev–Trinajstić information content (AvgIpc) is 3.42. The number of piperidine rings is 1. The Hall–Kier alpha value is -3.86. The van der Waals surface area contributed by atoms with Crippen LogP contribution >= 0.6 is 0 Å². The van der Waals surface area contributed by atoms with Crippen LogP contribution in [-0.2, 0) is 0 Å². The molecule has 6 rings (SSSR count). The standard InChI is InChI=1S/C28H24N2O3/c1-33-19-7-9-26-23(15-19)25(16-29-26)17-10-12-30(13-11-17)28(32)18-6-8-21-20-4-2-3-5-22(20)27(31)24(21)14-18/h2-9,14-17,29H,10-13H2,1H3. The smallest absolute Gasteiger partial charge is 0.253 e. The molecular formula is C28H24N2O3. The lowest BCUT2D eigenvalue weighted by Gasteiger charge is -2.32. The molecule has 0 unspecified atom stereocenters. The van der Waals surface area contributed by atoms with Gasteiger partial charge in [0, 0.05) is 46.9 Å². The van der Waals surface area contributed by atoms with Crippen LogP contribution in [0.4, 0.5) is 0 Å². The van der Waals surface area contributed by atoms with Crippen LogP contribution in [0.2, 0.25) is 0 Å². The SMILES string of the molecule is COc1ccc2[nH]cc(C3CCN(C(=O)c4ccc5c(c4)C(=O)c4ccccc4-5)CC3)c2c1. The molecule has 1 aromatic heterocycles. The van der Waals surface area contributed by atoms with Gasteiger partial charge in [-0.2, -0.15) is 0 Å². The number of H-pyrrole nitrogens is 1. The first kappa shape index (κ1) is 19.8. The Balaban J connectivity index is 1.20. The highest BCUT2D eigenvalue weighted by Gasteiger charge is 2.30. The lowest BCUT2D eigenvalue weighted by atomic mass is 9.89. The number of ketones is 1. The number of amides is 1. The largest absolute Gasteiger partial charge is 0.497 e. The Morgan fingerprint density at radius 2 is 1.70 bits per heavy atom. The Kier molecular flexibility index (Phi) is 4.57. The van der Waals surface area contributed by atoms with E-state index in [0.29, 0.717) is 35.7 Å². The van der Waals surface area contributed by atoms with Crippen LogP contribution in [-0.4, -0.2) is 41.8 Å². The predicted octanol–water partition coefficient (Wildman–Crippen LogP) is 5.41. The van der Waals surface area contributed by atoms with Crippen molar-refractivity contribution in [1.29, 1.82) is 0 Å². The van der Waals surface area contributed by atoms with Gasteiger partial charge in [-0.15, -0.1) is 0 Å². The molecule has 5 nitrogen and oxygen atoms in total. The van der Waals surface area contributed by atoms with Crippen molar-refractivity contribution in [3.63, 3.8) is 0 Å². The van der Waals surface area contributed by atoms with Gasteiger partial charge >= 0.3 is 0 Å². The summed E-state index contributed by atoms with van der Waals surface area (Å²) in [5.74, 6) is 1.25. The molecule has 164 valence electrons. The zero-order valence-electron chi connectivity index (χ0n) is 18.4. The molecule has 1 aliphatic carbocycles. The second kappa shape index (κ2) is 7.62. The number of hydrogen-bond donors (Lipinski definition) is 1. The summed E-state index contributed by atoms with van der Waals surface area (Å²) in [6.07, 6.45) is 3.91. The van der Waals surface area contributed by atoms with Crippen molar-refractivity contribution in [2.24, 2.45) is 0 Å². The van der Waals surface area contributed by atoms with E-state index in [1.807, 2.05) is 53.4 Å². The number of carbonyl (C=O) groups excluding carboxylic acids is 2. The van der Waals surface area contributed by atoms with Crippen LogP contribution in [0.25, 0.3) is 22.0 Å². The van der Waals surface area contributed by atoms with E-state index in [9.17, 15) is 9.59 Å². The molecule has 0 bridgehead atoms. The van der Waals surface area contributed by atoms with Gasteiger partial charge in [0.2, 0.25) is 0 Å². The summed E-state index contributed by atoms with van der Waals surface area (Å²) in [6, 6.07) is 19.3. The van der Waals surface area contributed by atoms with Gasteiger partial charge in [0.25, 0.3) is 5.91 Å². The number of fused-ring (bicyclic) bond motifs is 4. The number of rotatable bonds is 3. The van der Waals surface area contributed by atoms with Crippen molar-refractivity contribution in [2.75, 3.05) is 20.2 Å². The molecule has 4 aromatic rings. The maximum Gasteiger partial charge on any atom is 0.253 e. The third-order valence-electron chi connectivity index (χ3n) is 7.12. The van der Waals surface area contributed by atoms with Gasteiger partial charge in [-0.3, -0.25) is 9.59 Å². The number of nitrogens with zero attached hydrogens (tertiary/aromatic N) is 1. The summed E-state index contributed by atoms with van der Waals surface area (Å²) in [4.78, 5) is 31.4. The first-order valence-corrected chi connectivity index (χ1v) is 11.4. The van der Waals surface area contributed by atoms with Gasteiger partial charge in [-0.25, -0.2) is 0 Å². The number of aromatic nitrogens is 1. The summed E-state index contributed by atoms with van der Waals surface area (Å²) in [6.45, 7) is 1.40. The third-order valence-corrected chi connectivity index (χ3v) is 7.12. The Bertz CT molecular complexity index is 1410. The topological polar surface area (TPSA) is 62.4 Å². The van der Waals surface area contributed by atoms with E-state index in [2.05, 4.69) is 17.2 Å². The highest BCUT2D eigenvalue weighted by molar-refractivity contribution is 6.22. The highest BCUT2D eigenvalue weighted by atomic mass is 16.5. The van der Waals surface area contributed by atoms with Crippen molar-refractivity contribution < 1.29 is 14.3 Å².